The van der Waals surface area contributed by atoms with E-state index in [9.17, 15) is 17.2 Å². The van der Waals surface area contributed by atoms with Crippen LogP contribution in [0.25, 0.3) is 0 Å². The molecule has 8 heteroatoms. The van der Waals surface area contributed by atoms with Gasteiger partial charge in [-0.2, -0.15) is 0 Å². The maximum absolute atomic E-state index is 13.9. The molecule has 0 fully saturated rings. The fourth-order valence-electron chi connectivity index (χ4n) is 1.57. The van der Waals surface area contributed by atoms with Gasteiger partial charge in [0, 0.05) is 13.2 Å². The van der Waals surface area contributed by atoms with Crippen molar-refractivity contribution >= 4 is 10.0 Å². The Morgan fingerprint density at radius 1 is 1.33 bits per heavy atom. The molecule has 0 saturated carbocycles. The van der Waals surface area contributed by atoms with E-state index in [-0.39, 0.29) is 13.2 Å². The lowest BCUT2D eigenvalue weighted by Gasteiger charge is -2.11. The summed E-state index contributed by atoms with van der Waals surface area (Å²) < 4.78 is 58.3. The molecule has 0 radical (unpaired) electrons. The van der Waals surface area contributed by atoms with Gasteiger partial charge in [-0.25, -0.2) is 21.9 Å². The number of aliphatic hydroxyl groups is 1. The number of ether oxygens (including phenoxy) is 1. The molecule has 0 bridgehead atoms. The van der Waals surface area contributed by atoms with Gasteiger partial charge < -0.3 is 9.84 Å². The van der Waals surface area contributed by atoms with Crippen molar-refractivity contribution in [1.29, 1.82) is 0 Å². The highest BCUT2D eigenvalue weighted by atomic mass is 32.2. The molecule has 21 heavy (non-hydrogen) atoms. The summed E-state index contributed by atoms with van der Waals surface area (Å²) in [4.78, 5) is -0.697. The third-order valence-electron chi connectivity index (χ3n) is 2.59. The zero-order valence-electron chi connectivity index (χ0n) is 11.9. The minimum absolute atomic E-state index is 0.0275. The van der Waals surface area contributed by atoms with E-state index in [4.69, 9.17) is 9.84 Å². The van der Waals surface area contributed by atoms with Crippen molar-refractivity contribution in [2.45, 2.75) is 25.3 Å². The Hall–Kier alpha value is -1.09. The molecule has 0 atom stereocenters. The Bertz CT molecular complexity index is 576. The van der Waals surface area contributed by atoms with E-state index >= 15 is 0 Å². The first-order valence-electron chi connectivity index (χ1n) is 6.44. The second-order valence-corrected chi connectivity index (χ2v) is 6.60. The molecule has 0 heterocycles. The molecular weight excluding hydrogens is 304 g/mol. The van der Waals surface area contributed by atoms with Crippen LogP contribution in [0.4, 0.5) is 8.78 Å². The molecule has 0 unspecified atom stereocenters. The Kier molecular flexibility index (Phi) is 6.66. The van der Waals surface area contributed by atoms with Crippen LogP contribution in [-0.4, -0.2) is 33.3 Å². The average Bonchev–Trinajstić information content (AvgIpc) is 2.38. The van der Waals surface area contributed by atoms with Crippen molar-refractivity contribution in [3.8, 4) is 0 Å². The predicted octanol–water partition coefficient (Wildman–Crippen LogP) is 1.41. The van der Waals surface area contributed by atoms with E-state index < -0.39 is 38.7 Å². The van der Waals surface area contributed by atoms with Gasteiger partial charge in [0.1, 0.15) is 10.7 Å². The average molecular weight is 323 g/mol. The van der Waals surface area contributed by atoms with Crippen LogP contribution < -0.4 is 4.72 Å². The van der Waals surface area contributed by atoms with E-state index in [0.717, 1.165) is 12.1 Å². The summed E-state index contributed by atoms with van der Waals surface area (Å²) in [6, 6.07) is 1.62. The minimum Gasteiger partial charge on any atom is -0.391 e. The maximum atomic E-state index is 13.9. The van der Waals surface area contributed by atoms with Gasteiger partial charge in [0.25, 0.3) is 0 Å². The highest BCUT2D eigenvalue weighted by Gasteiger charge is 2.22. The Balaban J connectivity index is 2.75. The van der Waals surface area contributed by atoms with Crippen LogP contribution in [0.2, 0.25) is 0 Å². The number of aliphatic hydroxyl groups excluding tert-OH is 1. The molecule has 0 saturated heterocycles. The summed E-state index contributed by atoms with van der Waals surface area (Å²) in [5, 5.41) is 8.87. The van der Waals surface area contributed by atoms with Gasteiger partial charge in [-0.1, -0.05) is 13.8 Å². The van der Waals surface area contributed by atoms with E-state index in [1.165, 1.54) is 0 Å². The molecule has 0 aliphatic carbocycles. The van der Waals surface area contributed by atoms with Crippen molar-refractivity contribution in [1.82, 2.24) is 4.72 Å². The second-order valence-electron chi connectivity index (χ2n) is 4.86. The highest BCUT2D eigenvalue weighted by Crippen LogP contribution is 2.20. The zero-order valence-corrected chi connectivity index (χ0v) is 12.7. The summed E-state index contributed by atoms with van der Waals surface area (Å²) in [5.74, 6) is -1.95. The smallest absolute Gasteiger partial charge is 0.243 e. The van der Waals surface area contributed by atoms with Crippen LogP contribution in [0.1, 0.15) is 19.4 Å². The van der Waals surface area contributed by atoms with E-state index in [2.05, 4.69) is 4.72 Å². The number of benzene rings is 1. The molecule has 1 aromatic rings. The topological polar surface area (TPSA) is 75.6 Å². The molecule has 0 amide bonds. The molecule has 120 valence electrons. The highest BCUT2D eigenvalue weighted by molar-refractivity contribution is 7.89. The Morgan fingerprint density at radius 2 is 2.00 bits per heavy atom. The van der Waals surface area contributed by atoms with Gasteiger partial charge in [0.15, 0.2) is 5.82 Å². The summed E-state index contributed by atoms with van der Waals surface area (Å²) >= 11 is 0. The zero-order chi connectivity index (χ0) is 16.0. The molecule has 2 N–H and O–H groups in total. The number of hydrogen-bond donors (Lipinski definition) is 2. The lowest BCUT2D eigenvalue weighted by Crippen LogP contribution is -2.29. The summed E-state index contributed by atoms with van der Waals surface area (Å²) in [6.45, 7) is 3.59. The van der Waals surface area contributed by atoms with Crippen LogP contribution in [0.3, 0.4) is 0 Å². The van der Waals surface area contributed by atoms with Crippen molar-refractivity contribution in [2.75, 3.05) is 19.8 Å². The van der Waals surface area contributed by atoms with Gasteiger partial charge in [-0.15, -0.1) is 0 Å². The molecule has 0 aromatic heterocycles. The second kappa shape index (κ2) is 7.79. The number of nitrogens with one attached hydrogen (secondary N) is 1. The molecule has 1 rings (SSSR count). The fourth-order valence-corrected chi connectivity index (χ4v) is 2.69. The fraction of sp³-hybridized carbons (Fsp3) is 0.538. The lowest BCUT2D eigenvalue weighted by atomic mass is 10.2. The van der Waals surface area contributed by atoms with Gasteiger partial charge in [-0.3, -0.25) is 0 Å². The first-order chi connectivity index (χ1) is 9.79. The Labute approximate surface area is 123 Å². The summed E-state index contributed by atoms with van der Waals surface area (Å²) in [7, 11) is -4.12. The predicted molar refractivity (Wildman–Crippen MR) is 73.1 cm³/mol. The summed E-state index contributed by atoms with van der Waals surface area (Å²) in [6.07, 6.45) is 0. The van der Waals surface area contributed by atoms with Crippen molar-refractivity contribution in [2.24, 2.45) is 5.92 Å². The minimum atomic E-state index is -4.12. The standard InChI is InChI=1S/C13H19F2NO4S/c1-9(2)8-20-6-5-16-21(18,19)12-4-3-11(14)10(7-17)13(12)15/h3-4,9,16-17H,5-8H2,1-2H3. The summed E-state index contributed by atoms with van der Waals surface area (Å²) in [5.41, 5.74) is -0.672. The largest absolute Gasteiger partial charge is 0.391 e. The molecule has 5 nitrogen and oxygen atoms in total. The van der Waals surface area contributed by atoms with Gasteiger partial charge in [0.05, 0.1) is 18.8 Å². The molecule has 0 aliphatic rings. The number of sulfonamides is 1. The van der Waals surface area contributed by atoms with Gasteiger partial charge in [-0.05, 0) is 18.1 Å². The molecule has 0 spiro atoms. The van der Waals surface area contributed by atoms with Crippen LogP contribution in [0.15, 0.2) is 17.0 Å². The third kappa shape index (κ3) is 4.99. The monoisotopic (exact) mass is 323 g/mol. The van der Waals surface area contributed by atoms with Crippen LogP contribution in [0.5, 0.6) is 0 Å². The van der Waals surface area contributed by atoms with Crippen molar-refractivity contribution in [3.05, 3.63) is 29.3 Å². The molecular formula is C13H19F2NO4S. The number of rotatable bonds is 8. The van der Waals surface area contributed by atoms with Crippen molar-refractivity contribution < 1.29 is 27.0 Å². The number of hydrogen-bond acceptors (Lipinski definition) is 4. The van der Waals surface area contributed by atoms with Crippen LogP contribution in [-0.2, 0) is 21.4 Å². The van der Waals surface area contributed by atoms with Crippen LogP contribution >= 0.6 is 0 Å². The Morgan fingerprint density at radius 3 is 2.57 bits per heavy atom. The van der Waals surface area contributed by atoms with E-state index in [1.54, 1.807) is 0 Å². The first kappa shape index (κ1) is 18.0. The number of halogens is 2. The molecule has 1 aromatic carbocycles. The SMILES string of the molecule is CC(C)COCCNS(=O)(=O)c1ccc(F)c(CO)c1F. The third-order valence-corrected chi connectivity index (χ3v) is 4.07. The van der Waals surface area contributed by atoms with Gasteiger partial charge >= 0.3 is 0 Å². The van der Waals surface area contributed by atoms with Crippen molar-refractivity contribution in [3.63, 3.8) is 0 Å². The van der Waals surface area contributed by atoms with Gasteiger partial charge in [0.2, 0.25) is 10.0 Å². The van der Waals surface area contributed by atoms with E-state index in [1.807, 2.05) is 13.8 Å². The van der Waals surface area contributed by atoms with E-state index in [0.29, 0.717) is 12.5 Å². The normalized spacial score (nSPS) is 12.1. The first-order valence-corrected chi connectivity index (χ1v) is 7.93. The quantitative estimate of drug-likeness (QED) is 0.709. The molecule has 0 aliphatic heterocycles. The maximum Gasteiger partial charge on any atom is 0.243 e. The van der Waals surface area contributed by atoms with Crippen LogP contribution in [0, 0.1) is 17.6 Å². The lowest BCUT2D eigenvalue weighted by molar-refractivity contribution is 0.114.